The van der Waals surface area contributed by atoms with Crippen LogP contribution in [0.1, 0.15) is 120 Å². The number of fused-ring (bicyclic) bond motifs is 1. The zero-order valence-corrected chi connectivity index (χ0v) is 40.4. The highest BCUT2D eigenvalue weighted by atomic mass is 32.2. The number of hydrogen-bond donors (Lipinski definition) is 3. The molecule has 0 saturated heterocycles. The Balaban J connectivity index is 2.22. The van der Waals surface area contributed by atoms with Gasteiger partial charge in [0.05, 0.1) is 13.0 Å². The maximum Gasteiger partial charge on any atom is 0.408 e. The van der Waals surface area contributed by atoms with Gasteiger partial charge in [-0.25, -0.2) is 9.59 Å². The SMILES string of the molecule is CC(C)(C)OC(=O)CCC(=O)SCCNC(=O)CCNC(=O)[C@H](OC(=O)[C@H](Cc1cccc2c1COC(C)(C)O2)NC(=O)OC(C)(C)C)C(C)(C)CO[Si](C)(C)C(C)(C)C. The average Bonchev–Trinajstić information content (AvgIpc) is 3.07. The molecule has 3 N–H and O–H groups in total. The molecule has 15 nitrogen and oxygen atoms in total. The molecule has 60 heavy (non-hydrogen) atoms. The van der Waals surface area contributed by atoms with E-state index < -0.39 is 66.8 Å². The van der Waals surface area contributed by atoms with Crippen LogP contribution in [0.3, 0.4) is 0 Å². The molecule has 340 valence electrons. The number of esters is 2. The molecule has 1 aliphatic rings. The van der Waals surface area contributed by atoms with Gasteiger partial charge in [-0.2, -0.15) is 0 Å². The fraction of sp³-hybridized carbons (Fsp3) is 0.721. The van der Waals surface area contributed by atoms with Gasteiger partial charge in [-0.05, 0) is 71.3 Å². The number of amides is 3. The predicted molar refractivity (Wildman–Crippen MR) is 233 cm³/mol. The van der Waals surface area contributed by atoms with Crippen molar-refractivity contribution >= 4 is 55.0 Å². The lowest BCUT2D eigenvalue weighted by Crippen LogP contribution is -2.54. The third kappa shape index (κ3) is 18.5. The van der Waals surface area contributed by atoms with Crippen molar-refractivity contribution in [2.45, 2.75) is 170 Å². The van der Waals surface area contributed by atoms with Gasteiger partial charge in [0.2, 0.25) is 11.7 Å². The number of carbonyl (C=O) groups is 6. The monoisotopic (exact) mass is 881 g/mol. The molecule has 0 aliphatic carbocycles. The minimum Gasteiger partial charge on any atom is -0.463 e. The fourth-order valence-corrected chi connectivity index (χ4v) is 7.24. The van der Waals surface area contributed by atoms with Crippen LogP contribution in [0.4, 0.5) is 4.79 Å². The van der Waals surface area contributed by atoms with E-state index in [2.05, 4.69) is 49.8 Å². The number of rotatable bonds is 19. The van der Waals surface area contributed by atoms with Crippen LogP contribution in [0.25, 0.3) is 0 Å². The van der Waals surface area contributed by atoms with Crippen molar-refractivity contribution in [2.24, 2.45) is 5.41 Å². The average molecular weight is 882 g/mol. The standard InChI is InChI=1S/C43H71N3O12SSi/c1-39(2,3)57-33(48)19-20-34(49)59-24-23-44-32(47)21-22-45-36(50)35(42(10,11)27-54-60(14,15)41(7,8)9)55-37(51)30(46-38(52)58-40(4,5)6)25-28-17-16-18-31-29(28)26-53-43(12,13)56-31/h16-18,30,35H,19-27H2,1-15H3,(H,44,47)(H,45,50)(H,46,52)/t30-,35-/m0/s1. The number of alkyl carbamates (subject to hydrolysis) is 1. The largest absolute Gasteiger partial charge is 0.463 e. The molecule has 0 bridgehead atoms. The Labute approximate surface area is 362 Å². The van der Waals surface area contributed by atoms with Crippen molar-refractivity contribution < 1.29 is 56.9 Å². The van der Waals surface area contributed by atoms with E-state index in [0.29, 0.717) is 22.6 Å². The van der Waals surface area contributed by atoms with Crippen molar-refractivity contribution in [1.82, 2.24) is 16.0 Å². The molecule has 0 fully saturated rings. The quantitative estimate of drug-likeness (QED) is 0.0574. The first-order chi connectivity index (χ1) is 27.3. The van der Waals surface area contributed by atoms with Gasteiger partial charge >= 0.3 is 18.0 Å². The van der Waals surface area contributed by atoms with E-state index >= 15 is 0 Å². The van der Waals surface area contributed by atoms with E-state index in [1.54, 1.807) is 87.4 Å². The van der Waals surface area contributed by atoms with Crippen LogP contribution >= 0.6 is 11.8 Å². The molecule has 0 unspecified atom stereocenters. The summed E-state index contributed by atoms with van der Waals surface area (Å²) in [5.41, 5.74) is -1.19. The van der Waals surface area contributed by atoms with Crippen molar-refractivity contribution in [2.75, 3.05) is 25.4 Å². The van der Waals surface area contributed by atoms with Gasteiger partial charge in [0.15, 0.2) is 19.5 Å². The number of benzene rings is 1. The molecular weight excluding hydrogens is 811 g/mol. The summed E-state index contributed by atoms with van der Waals surface area (Å²) in [5, 5.41) is 7.79. The van der Waals surface area contributed by atoms with Gasteiger partial charge in [-0.1, -0.05) is 58.5 Å². The normalized spacial score (nSPS) is 15.3. The second-order valence-corrected chi connectivity index (χ2v) is 25.6. The van der Waals surface area contributed by atoms with E-state index in [1.165, 1.54) is 0 Å². The lowest BCUT2D eigenvalue weighted by Gasteiger charge is -2.40. The van der Waals surface area contributed by atoms with Crippen molar-refractivity contribution in [1.29, 1.82) is 0 Å². The third-order valence-electron chi connectivity index (χ3n) is 9.63. The first kappa shape index (κ1) is 52.5. The predicted octanol–water partition coefficient (Wildman–Crippen LogP) is 6.73. The summed E-state index contributed by atoms with van der Waals surface area (Å²) in [6.45, 7) is 28.3. The summed E-state index contributed by atoms with van der Waals surface area (Å²) in [7, 11) is -2.33. The molecule has 2 rings (SSSR count). The summed E-state index contributed by atoms with van der Waals surface area (Å²) < 4.78 is 35.2. The van der Waals surface area contributed by atoms with Crippen molar-refractivity contribution in [3.05, 3.63) is 29.3 Å². The highest BCUT2D eigenvalue weighted by molar-refractivity contribution is 8.13. The Hall–Kier alpha value is -3.67. The van der Waals surface area contributed by atoms with Crippen LogP contribution in [0, 0.1) is 5.41 Å². The number of carbonyl (C=O) groups excluding carboxylic acids is 6. The molecule has 1 heterocycles. The minimum absolute atomic E-state index is 0.0239. The van der Waals surface area contributed by atoms with E-state index in [9.17, 15) is 28.8 Å². The van der Waals surface area contributed by atoms with Crippen LogP contribution in [0.5, 0.6) is 5.75 Å². The maximum atomic E-state index is 14.3. The minimum atomic E-state index is -2.33. The van der Waals surface area contributed by atoms with E-state index in [-0.39, 0.29) is 68.0 Å². The first-order valence-electron chi connectivity index (χ1n) is 20.5. The van der Waals surface area contributed by atoms with Crippen LogP contribution in [-0.2, 0) is 60.4 Å². The molecule has 0 saturated carbocycles. The Kier molecular flexibility index (Phi) is 18.7. The van der Waals surface area contributed by atoms with Crippen LogP contribution in [-0.4, -0.2) is 97.9 Å². The molecule has 0 radical (unpaired) electrons. The summed E-state index contributed by atoms with van der Waals surface area (Å²) in [6.07, 6.45) is -2.37. The Morgan fingerprint density at radius 3 is 2.08 bits per heavy atom. The molecule has 1 aliphatic heterocycles. The molecule has 1 aromatic carbocycles. The van der Waals surface area contributed by atoms with Gasteiger partial charge in [-0.15, -0.1) is 0 Å². The summed E-state index contributed by atoms with van der Waals surface area (Å²) >= 11 is 1.01. The molecule has 0 spiro atoms. The summed E-state index contributed by atoms with van der Waals surface area (Å²) in [6, 6.07) is 4.10. The van der Waals surface area contributed by atoms with Crippen LogP contribution in [0.15, 0.2) is 18.2 Å². The molecular formula is C43H71N3O12SSi. The third-order valence-corrected chi connectivity index (χ3v) is 15.0. The van der Waals surface area contributed by atoms with Crippen molar-refractivity contribution in [3.8, 4) is 5.75 Å². The molecule has 3 amide bonds. The molecule has 2 atom stereocenters. The summed E-state index contributed by atoms with van der Waals surface area (Å²) in [5.74, 6) is -2.32. The van der Waals surface area contributed by atoms with Crippen molar-refractivity contribution in [3.63, 3.8) is 0 Å². The topological polar surface area (TPSA) is 194 Å². The van der Waals surface area contributed by atoms with Crippen LogP contribution < -0.4 is 20.7 Å². The second kappa shape index (κ2) is 21.4. The maximum absolute atomic E-state index is 14.3. The van der Waals surface area contributed by atoms with E-state index in [1.807, 2.05) is 0 Å². The fourth-order valence-electron chi connectivity index (χ4n) is 5.39. The first-order valence-corrected chi connectivity index (χ1v) is 24.4. The van der Waals surface area contributed by atoms with Crippen LogP contribution in [0.2, 0.25) is 18.1 Å². The zero-order chi connectivity index (χ0) is 45.9. The lowest BCUT2D eigenvalue weighted by atomic mass is 9.86. The highest BCUT2D eigenvalue weighted by Crippen LogP contribution is 2.39. The van der Waals surface area contributed by atoms with Gasteiger partial charge < -0.3 is 44.1 Å². The second-order valence-electron chi connectivity index (χ2n) is 19.6. The van der Waals surface area contributed by atoms with Gasteiger partial charge in [0.25, 0.3) is 5.91 Å². The highest BCUT2D eigenvalue weighted by Gasteiger charge is 2.44. The molecule has 17 heteroatoms. The van der Waals surface area contributed by atoms with E-state index in [4.69, 9.17) is 28.1 Å². The Morgan fingerprint density at radius 2 is 1.48 bits per heavy atom. The number of thioether (sulfide) groups is 1. The zero-order valence-electron chi connectivity index (χ0n) is 38.6. The lowest BCUT2D eigenvalue weighted by molar-refractivity contribution is -0.180. The van der Waals surface area contributed by atoms with Gasteiger partial charge in [-0.3, -0.25) is 19.2 Å². The molecule has 1 aromatic rings. The number of ether oxygens (including phenoxy) is 5. The number of nitrogens with one attached hydrogen (secondary N) is 3. The summed E-state index contributed by atoms with van der Waals surface area (Å²) in [4.78, 5) is 78.2. The van der Waals surface area contributed by atoms with Gasteiger partial charge in [0.1, 0.15) is 23.0 Å². The Morgan fingerprint density at radius 1 is 0.850 bits per heavy atom. The smallest absolute Gasteiger partial charge is 0.408 e. The number of hydrogen-bond acceptors (Lipinski definition) is 13. The van der Waals surface area contributed by atoms with Gasteiger partial charge in [0, 0.05) is 69.5 Å². The Bertz CT molecular complexity index is 1680. The molecule has 0 aromatic heterocycles. The van der Waals surface area contributed by atoms with E-state index in [0.717, 1.165) is 11.8 Å².